The Hall–Kier alpha value is -1.39. The summed E-state index contributed by atoms with van der Waals surface area (Å²) in [5.41, 5.74) is 2.59. The zero-order chi connectivity index (χ0) is 24.5. The number of hydrogen-bond acceptors (Lipinski definition) is 3. The highest BCUT2D eigenvalue weighted by atomic mass is 16.6. The van der Waals surface area contributed by atoms with Crippen LogP contribution >= 0.6 is 0 Å². The molecule has 4 rings (SSSR count). The predicted molar refractivity (Wildman–Crippen MR) is 142 cm³/mol. The molecule has 3 fully saturated rings. The summed E-state index contributed by atoms with van der Waals surface area (Å²) in [4.78, 5) is 18.6. The van der Waals surface area contributed by atoms with Crippen molar-refractivity contribution >= 4 is 5.91 Å². The molecule has 0 bridgehead atoms. The van der Waals surface area contributed by atoms with Gasteiger partial charge in [0.05, 0.1) is 6.04 Å². The third kappa shape index (κ3) is 6.63. The predicted octanol–water partition coefficient (Wildman–Crippen LogP) is 7.26. The van der Waals surface area contributed by atoms with Gasteiger partial charge >= 0.3 is 0 Å². The monoisotopic (exact) mass is 470 g/mol. The van der Waals surface area contributed by atoms with E-state index in [0.717, 1.165) is 19.4 Å². The first-order chi connectivity index (χ1) is 16.6. The molecule has 4 nitrogen and oxygen atoms in total. The Bertz CT molecular complexity index is 739. The average molecular weight is 471 g/mol. The first kappa shape index (κ1) is 27.2. The number of nitrogens with zero attached hydrogens (tertiary/aromatic N) is 2. The summed E-state index contributed by atoms with van der Waals surface area (Å²) < 4.78 is 6.44. The second-order valence-electron chi connectivity index (χ2n) is 10.5. The summed E-state index contributed by atoms with van der Waals surface area (Å²) >= 11 is 0. The molecule has 0 aromatic heterocycles. The van der Waals surface area contributed by atoms with E-state index >= 15 is 0 Å². The Kier molecular flexibility index (Phi) is 10.9. The van der Waals surface area contributed by atoms with Gasteiger partial charge in [-0.25, -0.2) is 0 Å². The standard InChI is InChI=1S/C28H44N2O2.C2H6/c1-4-5-20-29(3)27(31)25(22-15-8-6-9-16-22)30(23-17-10-7-11-18-23)28-26(32-28)24-19-13-12-14-21(24)2;1-2/h12-14,19,22-23,25-26,28H,4-11,15-18,20H2,1-3H3;1-2H3. The van der Waals surface area contributed by atoms with E-state index in [2.05, 4.69) is 43.0 Å². The summed E-state index contributed by atoms with van der Waals surface area (Å²) in [7, 11) is 2.03. The van der Waals surface area contributed by atoms with Gasteiger partial charge in [0.2, 0.25) is 5.91 Å². The zero-order valence-corrected chi connectivity index (χ0v) is 22.6. The molecule has 2 saturated carbocycles. The van der Waals surface area contributed by atoms with Gasteiger partial charge in [-0.05, 0) is 56.1 Å². The van der Waals surface area contributed by atoms with Crippen LogP contribution in [0.2, 0.25) is 0 Å². The number of benzene rings is 1. The first-order valence-corrected chi connectivity index (χ1v) is 14.3. The molecule has 1 aromatic carbocycles. The van der Waals surface area contributed by atoms with Gasteiger partial charge in [0.15, 0.2) is 0 Å². The lowest BCUT2D eigenvalue weighted by molar-refractivity contribution is -0.142. The van der Waals surface area contributed by atoms with E-state index in [1.54, 1.807) is 0 Å². The molecule has 0 N–H and O–H groups in total. The fraction of sp³-hybridized carbons (Fsp3) is 0.767. The van der Waals surface area contributed by atoms with Crippen LogP contribution in [0.25, 0.3) is 0 Å². The van der Waals surface area contributed by atoms with Gasteiger partial charge in [0.25, 0.3) is 0 Å². The van der Waals surface area contributed by atoms with E-state index in [1.807, 2.05) is 25.8 Å². The van der Waals surface area contributed by atoms with Gasteiger partial charge in [0, 0.05) is 19.6 Å². The van der Waals surface area contributed by atoms with Crippen LogP contribution in [0.5, 0.6) is 0 Å². The van der Waals surface area contributed by atoms with E-state index in [0.29, 0.717) is 17.9 Å². The molecular weight excluding hydrogens is 420 g/mol. The number of rotatable bonds is 9. The van der Waals surface area contributed by atoms with Crippen molar-refractivity contribution < 1.29 is 9.53 Å². The van der Waals surface area contributed by atoms with E-state index in [1.165, 1.54) is 75.3 Å². The van der Waals surface area contributed by atoms with Crippen LogP contribution in [0.3, 0.4) is 0 Å². The molecule has 0 spiro atoms. The van der Waals surface area contributed by atoms with Crippen LogP contribution in [0, 0.1) is 12.8 Å². The molecule has 1 aromatic rings. The van der Waals surface area contributed by atoms with E-state index < -0.39 is 0 Å². The molecule has 1 heterocycles. The largest absolute Gasteiger partial charge is 0.348 e. The van der Waals surface area contributed by atoms with Crippen LogP contribution in [0.1, 0.15) is 115 Å². The maximum atomic E-state index is 14.0. The van der Waals surface area contributed by atoms with Crippen molar-refractivity contribution in [3.63, 3.8) is 0 Å². The lowest BCUT2D eigenvalue weighted by Gasteiger charge is -2.44. The highest BCUT2D eigenvalue weighted by Gasteiger charge is 2.53. The van der Waals surface area contributed by atoms with Crippen LogP contribution in [0.15, 0.2) is 24.3 Å². The minimum atomic E-state index is -0.0284. The third-order valence-corrected chi connectivity index (χ3v) is 8.15. The molecule has 34 heavy (non-hydrogen) atoms. The fourth-order valence-corrected chi connectivity index (χ4v) is 6.19. The van der Waals surface area contributed by atoms with Crippen LogP contribution in [-0.2, 0) is 9.53 Å². The quantitative estimate of drug-likeness (QED) is 0.356. The Morgan fingerprint density at radius 3 is 2.24 bits per heavy atom. The Labute approximate surface area is 209 Å². The molecule has 1 saturated heterocycles. The Balaban J connectivity index is 0.00000158. The van der Waals surface area contributed by atoms with Crippen LogP contribution in [0.4, 0.5) is 0 Å². The Morgan fingerprint density at radius 1 is 1.00 bits per heavy atom. The Morgan fingerprint density at radius 2 is 1.62 bits per heavy atom. The second kappa shape index (κ2) is 13.6. The van der Waals surface area contributed by atoms with Gasteiger partial charge in [-0.1, -0.05) is 90.0 Å². The number of carbonyl (C=O) groups excluding carboxylic acids is 1. The van der Waals surface area contributed by atoms with Gasteiger partial charge < -0.3 is 9.64 Å². The molecule has 192 valence electrons. The lowest BCUT2D eigenvalue weighted by Crippen LogP contribution is -2.57. The summed E-state index contributed by atoms with van der Waals surface area (Å²) in [6.07, 6.45) is 14.9. The van der Waals surface area contributed by atoms with Crippen LogP contribution in [-0.4, -0.2) is 47.6 Å². The molecule has 1 amide bonds. The number of carbonyl (C=O) groups is 1. The minimum Gasteiger partial charge on any atom is -0.348 e. The van der Waals surface area contributed by atoms with Gasteiger partial charge in [0.1, 0.15) is 12.3 Å². The fourth-order valence-electron chi connectivity index (χ4n) is 6.19. The summed E-state index contributed by atoms with van der Waals surface area (Å²) in [6, 6.07) is 9.06. The van der Waals surface area contributed by atoms with E-state index in [-0.39, 0.29) is 18.4 Å². The van der Waals surface area contributed by atoms with Crippen molar-refractivity contribution in [2.75, 3.05) is 13.6 Å². The van der Waals surface area contributed by atoms with Crippen molar-refractivity contribution in [1.29, 1.82) is 0 Å². The topological polar surface area (TPSA) is 36.1 Å². The average Bonchev–Trinajstić information content (AvgIpc) is 3.68. The van der Waals surface area contributed by atoms with E-state index in [4.69, 9.17) is 4.74 Å². The number of hydrogen-bond donors (Lipinski definition) is 0. The maximum Gasteiger partial charge on any atom is 0.240 e. The SMILES string of the molecule is CC.CCCCN(C)C(=O)C(C1CCCCC1)N(C1CCCCC1)C1OC1c1ccccc1C. The number of unbranched alkanes of at least 4 members (excludes halogenated alkanes) is 1. The normalized spacial score (nSPS) is 24.3. The smallest absolute Gasteiger partial charge is 0.240 e. The van der Waals surface area contributed by atoms with Crippen molar-refractivity contribution in [3.05, 3.63) is 35.4 Å². The van der Waals surface area contributed by atoms with Gasteiger partial charge in [-0.3, -0.25) is 9.69 Å². The molecular formula is C30H50N2O2. The van der Waals surface area contributed by atoms with Crippen molar-refractivity contribution in [1.82, 2.24) is 9.80 Å². The van der Waals surface area contributed by atoms with Gasteiger partial charge in [-0.2, -0.15) is 0 Å². The summed E-state index contributed by atoms with van der Waals surface area (Å²) in [5.74, 6) is 0.805. The number of aryl methyl sites for hydroxylation is 1. The molecule has 4 heteroatoms. The summed E-state index contributed by atoms with van der Waals surface area (Å²) in [6.45, 7) is 9.25. The van der Waals surface area contributed by atoms with Crippen molar-refractivity contribution in [3.8, 4) is 0 Å². The van der Waals surface area contributed by atoms with Crippen molar-refractivity contribution in [2.24, 2.45) is 5.92 Å². The zero-order valence-electron chi connectivity index (χ0n) is 22.6. The number of epoxide rings is 1. The number of ether oxygens (including phenoxy) is 1. The van der Waals surface area contributed by atoms with Crippen molar-refractivity contribution in [2.45, 2.75) is 129 Å². The number of amides is 1. The molecule has 0 radical (unpaired) electrons. The molecule has 3 unspecified atom stereocenters. The molecule has 3 aliphatic rings. The highest BCUT2D eigenvalue weighted by molar-refractivity contribution is 5.82. The second-order valence-corrected chi connectivity index (χ2v) is 10.5. The third-order valence-electron chi connectivity index (χ3n) is 8.15. The molecule has 1 aliphatic heterocycles. The number of likely N-dealkylation sites (N-methyl/N-ethyl adjacent to an activating group) is 1. The first-order valence-electron chi connectivity index (χ1n) is 14.3. The van der Waals surface area contributed by atoms with Gasteiger partial charge in [-0.15, -0.1) is 0 Å². The highest BCUT2D eigenvalue weighted by Crippen LogP contribution is 2.47. The molecule has 2 aliphatic carbocycles. The molecule has 3 atom stereocenters. The summed E-state index contributed by atoms with van der Waals surface area (Å²) in [5, 5.41) is 0. The minimum absolute atomic E-state index is 0.0284. The van der Waals surface area contributed by atoms with Crippen LogP contribution < -0.4 is 0 Å². The lowest BCUT2D eigenvalue weighted by atomic mass is 9.80. The van der Waals surface area contributed by atoms with E-state index in [9.17, 15) is 4.79 Å². The maximum absolute atomic E-state index is 14.0.